The summed E-state index contributed by atoms with van der Waals surface area (Å²) in [6.45, 7) is 7.26. The van der Waals surface area contributed by atoms with Crippen molar-refractivity contribution in [2.45, 2.75) is 32.4 Å². The number of hydrogen-bond acceptors (Lipinski definition) is 4. The topological polar surface area (TPSA) is 55.7 Å². The van der Waals surface area contributed by atoms with E-state index in [-0.39, 0.29) is 17.5 Å². The van der Waals surface area contributed by atoms with E-state index in [4.69, 9.17) is 0 Å². The van der Waals surface area contributed by atoms with Crippen molar-refractivity contribution >= 4 is 0 Å². The van der Waals surface area contributed by atoms with Crippen LogP contribution in [0.1, 0.15) is 31.9 Å². The highest BCUT2D eigenvalue weighted by atomic mass is 16.3. The van der Waals surface area contributed by atoms with E-state index in [9.17, 15) is 10.2 Å². The maximum Gasteiger partial charge on any atom is 0.120 e. The van der Waals surface area contributed by atoms with Crippen molar-refractivity contribution in [3.8, 4) is 11.5 Å². The smallest absolute Gasteiger partial charge is 0.120 e. The third-order valence-corrected chi connectivity index (χ3v) is 3.67. The molecule has 2 rings (SSSR count). The Hall–Kier alpha value is -1.26. The van der Waals surface area contributed by atoms with Crippen LogP contribution in [0.25, 0.3) is 0 Å². The van der Waals surface area contributed by atoms with Crippen LogP contribution in [-0.2, 0) is 0 Å². The molecule has 1 aromatic carbocycles. The molecule has 1 aromatic rings. The zero-order valence-corrected chi connectivity index (χ0v) is 11.1. The third-order valence-electron chi connectivity index (χ3n) is 3.67. The summed E-state index contributed by atoms with van der Waals surface area (Å²) in [6.07, 6.45) is 1.08. The van der Waals surface area contributed by atoms with Crippen LogP contribution in [0, 0.1) is 0 Å². The van der Waals surface area contributed by atoms with Gasteiger partial charge in [0, 0.05) is 30.7 Å². The summed E-state index contributed by atoms with van der Waals surface area (Å²) in [5.41, 5.74) is 0.801. The molecule has 1 fully saturated rings. The van der Waals surface area contributed by atoms with Gasteiger partial charge >= 0.3 is 0 Å². The van der Waals surface area contributed by atoms with Crippen LogP contribution in [0.4, 0.5) is 0 Å². The predicted octanol–water partition coefficient (Wildman–Crippen LogP) is 1.84. The fourth-order valence-electron chi connectivity index (χ4n) is 2.51. The number of phenols is 2. The van der Waals surface area contributed by atoms with Gasteiger partial charge in [-0.3, -0.25) is 4.90 Å². The van der Waals surface area contributed by atoms with Gasteiger partial charge < -0.3 is 15.5 Å². The Morgan fingerprint density at radius 1 is 1.39 bits per heavy atom. The molecule has 0 amide bonds. The van der Waals surface area contributed by atoms with Gasteiger partial charge in [0.25, 0.3) is 0 Å². The zero-order valence-electron chi connectivity index (χ0n) is 11.1. The maximum atomic E-state index is 9.94. The van der Waals surface area contributed by atoms with Crippen molar-refractivity contribution in [2.24, 2.45) is 0 Å². The van der Waals surface area contributed by atoms with E-state index in [1.165, 1.54) is 6.07 Å². The van der Waals surface area contributed by atoms with Crippen LogP contribution in [-0.4, -0.2) is 40.8 Å². The molecule has 3 N–H and O–H groups in total. The van der Waals surface area contributed by atoms with Gasteiger partial charge in [0.1, 0.15) is 11.5 Å². The van der Waals surface area contributed by atoms with Crippen LogP contribution in [0.2, 0.25) is 0 Å². The summed E-state index contributed by atoms with van der Waals surface area (Å²) in [5, 5.41) is 22.8. The normalized spacial score (nSPS) is 17.7. The number of rotatable bonds is 5. The molecule has 100 valence electrons. The van der Waals surface area contributed by atoms with Gasteiger partial charge in [0.2, 0.25) is 0 Å². The molecule has 1 aliphatic heterocycles. The van der Waals surface area contributed by atoms with Crippen molar-refractivity contribution in [2.75, 3.05) is 19.6 Å². The molecule has 1 heterocycles. The first kappa shape index (κ1) is 13.2. The lowest BCUT2D eigenvalue weighted by Gasteiger charge is -2.42. The van der Waals surface area contributed by atoms with E-state index in [1.54, 1.807) is 12.1 Å². The average molecular weight is 250 g/mol. The number of nitrogens with one attached hydrogen (secondary N) is 1. The fourth-order valence-corrected chi connectivity index (χ4v) is 2.51. The van der Waals surface area contributed by atoms with Gasteiger partial charge in [0.05, 0.1) is 0 Å². The monoisotopic (exact) mass is 250 g/mol. The molecule has 1 saturated heterocycles. The number of phenolic OH excluding ortho intramolecular Hbond substituents is 2. The molecule has 0 aromatic heterocycles. The van der Waals surface area contributed by atoms with Gasteiger partial charge in [-0.15, -0.1) is 0 Å². The summed E-state index contributed by atoms with van der Waals surface area (Å²) in [7, 11) is 0. The number of aromatic hydroxyl groups is 2. The quantitative estimate of drug-likeness (QED) is 0.698. The summed E-state index contributed by atoms with van der Waals surface area (Å²) >= 11 is 0. The minimum Gasteiger partial charge on any atom is -0.508 e. The number of hydrogen-bond donors (Lipinski definition) is 3. The van der Waals surface area contributed by atoms with Crippen LogP contribution in [0.15, 0.2) is 18.2 Å². The van der Waals surface area contributed by atoms with Crippen LogP contribution in [0.5, 0.6) is 11.5 Å². The van der Waals surface area contributed by atoms with Gasteiger partial charge in [-0.05, 0) is 38.1 Å². The van der Waals surface area contributed by atoms with E-state index >= 15 is 0 Å². The molecule has 0 spiro atoms. The van der Waals surface area contributed by atoms with Crippen LogP contribution < -0.4 is 5.32 Å². The summed E-state index contributed by atoms with van der Waals surface area (Å²) in [4.78, 5) is 2.39. The fraction of sp³-hybridized carbons (Fsp3) is 0.571. The Kier molecular flexibility index (Phi) is 4.09. The molecular formula is C14H22N2O2. The standard InChI is InChI=1S/C14H22N2O2/c1-3-6-16(11-8-15-9-11)10(2)13-7-12(17)4-5-14(13)18/h4-5,7,10-11,15,17-18H,3,6,8-9H2,1-2H3. The van der Waals surface area contributed by atoms with E-state index in [1.807, 2.05) is 0 Å². The molecule has 4 nitrogen and oxygen atoms in total. The van der Waals surface area contributed by atoms with Crippen molar-refractivity contribution < 1.29 is 10.2 Å². The zero-order chi connectivity index (χ0) is 13.1. The molecule has 0 aliphatic carbocycles. The lowest BCUT2D eigenvalue weighted by molar-refractivity contribution is 0.101. The second kappa shape index (κ2) is 5.59. The van der Waals surface area contributed by atoms with Crippen molar-refractivity contribution in [1.29, 1.82) is 0 Å². The Morgan fingerprint density at radius 2 is 2.11 bits per heavy atom. The van der Waals surface area contributed by atoms with E-state index in [0.717, 1.165) is 31.6 Å². The Morgan fingerprint density at radius 3 is 2.67 bits per heavy atom. The van der Waals surface area contributed by atoms with Crippen LogP contribution >= 0.6 is 0 Å². The van der Waals surface area contributed by atoms with Gasteiger partial charge in [0.15, 0.2) is 0 Å². The second-order valence-corrected chi connectivity index (χ2v) is 4.97. The van der Waals surface area contributed by atoms with E-state index in [2.05, 4.69) is 24.1 Å². The van der Waals surface area contributed by atoms with E-state index in [0.29, 0.717) is 6.04 Å². The number of benzene rings is 1. The summed E-state index contributed by atoms with van der Waals surface area (Å²) in [5.74, 6) is 0.464. The van der Waals surface area contributed by atoms with Gasteiger partial charge in [-0.25, -0.2) is 0 Å². The minimum atomic E-state index is 0.115. The van der Waals surface area contributed by atoms with Crippen LogP contribution in [0.3, 0.4) is 0 Å². The molecule has 0 bridgehead atoms. The molecular weight excluding hydrogens is 228 g/mol. The Labute approximate surface area is 108 Å². The van der Waals surface area contributed by atoms with Crippen molar-refractivity contribution in [3.63, 3.8) is 0 Å². The Balaban J connectivity index is 2.20. The molecule has 1 unspecified atom stereocenters. The SMILES string of the molecule is CCCN(C1CNC1)C(C)c1cc(O)ccc1O. The molecule has 4 heteroatoms. The molecule has 18 heavy (non-hydrogen) atoms. The maximum absolute atomic E-state index is 9.94. The summed E-state index contributed by atoms with van der Waals surface area (Å²) in [6, 6.07) is 5.38. The highest BCUT2D eigenvalue weighted by molar-refractivity contribution is 5.40. The highest BCUT2D eigenvalue weighted by Gasteiger charge is 2.29. The second-order valence-electron chi connectivity index (χ2n) is 4.97. The molecule has 0 saturated carbocycles. The first-order valence-corrected chi connectivity index (χ1v) is 6.61. The molecule has 1 atom stereocenters. The first-order chi connectivity index (χ1) is 8.63. The minimum absolute atomic E-state index is 0.115. The average Bonchev–Trinajstić information content (AvgIpc) is 2.28. The lowest BCUT2D eigenvalue weighted by Crippen LogP contribution is -2.57. The molecule has 1 aliphatic rings. The van der Waals surface area contributed by atoms with Gasteiger partial charge in [-0.1, -0.05) is 6.92 Å². The third kappa shape index (κ3) is 2.60. The van der Waals surface area contributed by atoms with Crippen molar-refractivity contribution in [1.82, 2.24) is 10.2 Å². The van der Waals surface area contributed by atoms with E-state index < -0.39 is 0 Å². The number of nitrogens with zero attached hydrogens (tertiary/aromatic N) is 1. The first-order valence-electron chi connectivity index (χ1n) is 6.61. The predicted molar refractivity (Wildman–Crippen MR) is 71.8 cm³/mol. The Bertz CT molecular complexity index is 405. The largest absolute Gasteiger partial charge is 0.508 e. The molecule has 0 radical (unpaired) electrons. The summed E-state index contributed by atoms with van der Waals surface area (Å²) < 4.78 is 0. The van der Waals surface area contributed by atoms with Gasteiger partial charge in [-0.2, -0.15) is 0 Å². The lowest BCUT2D eigenvalue weighted by atomic mass is 10.0. The highest BCUT2D eigenvalue weighted by Crippen LogP contribution is 2.32. The van der Waals surface area contributed by atoms with Crippen molar-refractivity contribution in [3.05, 3.63) is 23.8 Å².